The molecule has 8 nitrogen and oxygen atoms in total. The van der Waals surface area contributed by atoms with Crippen LogP contribution in [0.1, 0.15) is 6.92 Å². The summed E-state index contributed by atoms with van der Waals surface area (Å²) < 4.78 is 11.2. The molecular formula is C21H24N4O4. The molecule has 2 aromatic carbocycles. The second-order valence-electron chi connectivity index (χ2n) is 6.99. The molecule has 2 aliphatic heterocycles. The number of hydrogen-bond acceptors (Lipinski definition) is 5. The van der Waals surface area contributed by atoms with E-state index in [0.29, 0.717) is 37.7 Å². The van der Waals surface area contributed by atoms with Crippen molar-refractivity contribution in [3.05, 3.63) is 42.5 Å². The summed E-state index contributed by atoms with van der Waals surface area (Å²) >= 11 is 0. The second kappa shape index (κ2) is 8.30. The molecule has 0 saturated carbocycles. The third-order valence-electron chi connectivity index (χ3n) is 4.89. The van der Waals surface area contributed by atoms with Gasteiger partial charge >= 0.3 is 6.03 Å². The Hall–Kier alpha value is -3.42. The second-order valence-corrected chi connectivity index (χ2v) is 6.99. The fourth-order valence-corrected chi connectivity index (χ4v) is 3.48. The van der Waals surface area contributed by atoms with Crippen molar-refractivity contribution in [2.75, 3.05) is 54.9 Å². The number of anilines is 3. The van der Waals surface area contributed by atoms with Gasteiger partial charge in [0.15, 0.2) is 11.5 Å². The number of benzene rings is 2. The van der Waals surface area contributed by atoms with Gasteiger partial charge in [0.2, 0.25) is 5.91 Å². The van der Waals surface area contributed by atoms with Gasteiger partial charge in [-0.05, 0) is 30.3 Å². The van der Waals surface area contributed by atoms with E-state index >= 15 is 0 Å². The number of urea groups is 1. The van der Waals surface area contributed by atoms with E-state index in [2.05, 4.69) is 15.5 Å². The summed E-state index contributed by atoms with van der Waals surface area (Å²) in [7, 11) is 0. The normalized spacial score (nSPS) is 15.6. The van der Waals surface area contributed by atoms with E-state index in [0.717, 1.165) is 30.3 Å². The Labute approximate surface area is 169 Å². The van der Waals surface area contributed by atoms with Crippen molar-refractivity contribution in [3.8, 4) is 11.5 Å². The molecule has 2 aromatic rings. The predicted octanol–water partition coefficient (Wildman–Crippen LogP) is 2.77. The van der Waals surface area contributed by atoms with Crippen LogP contribution in [-0.2, 0) is 4.79 Å². The quantitative estimate of drug-likeness (QED) is 0.834. The van der Waals surface area contributed by atoms with Gasteiger partial charge in [0.05, 0.1) is 0 Å². The monoisotopic (exact) mass is 396 g/mol. The molecule has 0 spiro atoms. The molecule has 152 valence electrons. The van der Waals surface area contributed by atoms with Crippen LogP contribution in [0, 0.1) is 0 Å². The van der Waals surface area contributed by atoms with E-state index in [1.165, 1.54) is 6.92 Å². The van der Waals surface area contributed by atoms with Crippen LogP contribution in [0.5, 0.6) is 11.5 Å². The Morgan fingerprint density at radius 3 is 2.28 bits per heavy atom. The molecule has 8 heteroatoms. The van der Waals surface area contributed by atoms with E-state index in [1.807, 2.05) is 18.2 Å². The highest BCUT2D eigenvalue weighted by atomic mass is 16.6. The largest absolute Gasteiger partial charge is 0.486 e. The van der Waals surface area contributed by atoms with Gasteiger partial charge in [-0.3, -0.25) is 4.79 Å². The number of piperazine rings is 1. The standard InChI is InChI=1S/C21H24N4O4/c1-15(26)22-16-3-2-4-17(13-16)23-21(27)25-9-7-24(8-10-25)18-5-6-19-20(14-18)29-12-11-28-19/h2-6,13-14H,7-12H2,1H3,(H,22,26)(H,23,27). The topological polar surface area (TPSA) is 83.1 Å². The van der Waals surface area contributed by atoms with Crippen molar-refractivity contribution in [2.24, 2.45) is 0 Å². The van der Waals surface area contributed by atoms with Gasteiger partial charge in [-0.2, -0.15) is 0 Å². The SMILES string of the molecule is CC(=O)Nc1cccc(NC(=O)N2CCN(c3ccc4c(c3)OCCO4)CC2)c1. The highest BCUT2D eigenvalue weighted by Gasteiger charge is 2.23. The Morgan fingerprint density at radius 1 is 0.862 bits per heavy atom. The van der Waals surface area contributed by atoms with Crippen LogP contribution in [0.2, 0.25) is 0 Å². The minimum absolute atomic E-state index is 0.146. The summed E-state index contributed by atoms with van der Waals surface area (Å²) in [4.78, 5) is 27.8. The van der Waals surface area contributed by atoms with Gasteiger partial charge in [0.25, 0.3) is 0 Å². The smallest absolute Gasteiger partial charge is 0.321 e. The van der Waals surface area contributed by atoms with Gasteiger partial charge in [-0.15, -0.1) is 0 Å². The molecule has 0 aromatic heterocycles. The fourth-order valence-electron chi connectivity index (χ4n) is 3.48. The number of rotatable bonds is 3. The molecule has 0 radical (unpaired) electrons. The highest BCUT2D eigenvalue weighted by molar-refractivity contribution is 5.92. The molecule has 0 atom stereocenters. The van der Waals surface area contributed by atoms with Crippen LogP contribution in [-0.4, -0.2) is 56.2 Å². The first-order valence-corrected chi connectivity index (χ1v) is 9.67. The first kappa shape index (κ1) is 18.9. The van der Waals surface area contributed by atoms with Crippen molar-refractivity contribution in [2.45, 2.75) is 6.92 Å². The lowest BCUT2D eigenvalue weighted by Gasteiger charge is -2.36. The summed E-state index contributed by atoms with van der Waals surface area (Å²) in [6.07, 6.45) is 0. The number of carbonyl (C=O) groups is 2. The van der Waals surface area contributed by atoms with Gasteiger partial charge in [0, 0.05) is 56.2 Å². The molecule has 2 heterocycles. The Balaban J connectivity index is 1.33. The molecule has 0 unspecified atom stereocenters. The van der Waals surface area contributed by atoms with E-state index in [1.54, 1.807) is 29.2 Å². The first-order valence-electron chi connectivity index (χ1n) is 9.67. The van der Waals surface area contributed by atoms with Crippen LogP contribution in [0.15, 0.2) is 42.5 Å². The van der Waals surface area contributed by atoms with Crippen LogP contribution < -0.4 is 25.0 Å². The number of fused-ring (bicyclic) bond motifs is 1. The van der Waals surface area contributed by atoms with Crippen LogP contribution >= 0.6 is 0 Å². The highest BCUT2D eigenvalue weighted by Crippen LogP contribution is 2.34. The molecule has 3 amide bonds. The Morgan fingerprint density at radius 2 is 1.55 bits per heavy atom. The first-order chi connectivity index (χ1) is 14.1. The van der Waals surface area contributed by atoms with E-state index < -0.39 is 0 Å². The number of nitrogens with zero attached hydrogens (tertiary/aromatic N) is 2. The zero-order chi connectivity index (χ0) is 20.2. The molecule has 2 N–H and O–H groups in total. The lowest BCUT2D eigenvalue weighted by atomic mass is 10.2. The zero-order valence-electron chi connectivity index (χ0n) is 16.3. The maximum absolute atomic E-state index is 12.6. The molecule has 1 fully saturated rings. The number of hydrogen-bond donors (Lipinski definition) is 2. The van der Waals surface area contributed by atoms with Gasteiger partial charge in [-0.25, -0.2) is 4.79 Å². The average Bonchev–Trinajstić information content (AvgIpc) is 2.73. The molecular weight excluding hydrogens is 372 g/mol. The van der Waals surface area contributed by atoms with Crippen LogP contribution in [0.25, 0.3) is 0 Å². The minimum Gasteiger partial charge on any atom is -0.486 e. The fraction of sp³-hybridized carbons (Fsp3) is 0.333. The molecule has 0 aliphatic carbocycles. The van der Waals surface area contributed by atoms with Crippen molar-refractivity contribution in [1.82, 2.24) is 4.90 Å². The number of ether oxygens (including phenoxy) is 2. The van der Waals surface area contributed by atoms with E-state index in [9.17, 15) is 9.59 Å². The lowest BCUT2D eigenvalue weighted by Crippen LogP contribution is -2.50. The average molecular weight is 396 g/mol. The maximum atomic E-state index is 12.6. The van der Waals surface area contributed by atoms with Crippen molar-refractivity contribution in [1.29, 1.82) is 0 Å². The Kier molecular flexibility index (Phi) is 5.41. The lowest BCUT2D eigenvalue weighted by molar-refractivity contribution is -0.114. The summed E-state index contributed by atoms with van der Waals surface area (Å²) in [6, 6.07) is 12.9. The van der Waals surface area contributed by atoms with Crippen molar-refractivity contribution >= 4 is 29.0 Å². The molecule has 0 bridgehead atoms. The molecule has 1 saturated heterocycles. The van der Waals surface area contributed by atoms with Crippen molar-refractivity contribution < 1.29 is 19.1 Å². The minimum atomic E-state index is -0.149. The van der Waals surface area contributed by atoms with E-state index in [4.69, 9.17) is 9.47 Å². The van der Waals surface area contributed by atoms with Gasteiger partial charge in [0.1, 0.15) is 13.2 Å². The van der Waals surface area contributed by atoms with Crippen LogP contribution in [0.3, 0.4) is 0 Å². The maximum Gasteiger partial charge on any atom is 0.321 e. The third kappa shape index (κ3) is 4.53. The number of amides is 3. The van der Waals surface area contributed by atoms with Crippen LogP contribution in [0.4, 0.5) is 21.9 Å². The summed E-state index contributed by atoms with van der Waals surface area (Å²) in [5.41, 5.74) is 2.37. The molecule has 4 rings (SSSR count). The molecule has 2 aliphatic rings. The zero-order valence-corrected chi connectivity index (χ0v) is 16.3. The number of nitrogens with one attached hydrogen (secondary N) is 2. The third-order valence-corrected chi connectivity index (χ3v) is 4.89. The van der Waals surface area contributed by atoms with E-state index in [-0.39, 0.29) is 11.9 Å². The summed E-state index contributed by atoms with van der Waals surface area (Å²) in [5.74, 6) is 1.40. The summed E-state index contributed by atoms with van der Waals surface area (Å²) in [5, 5.41) is 5.62. The predicted molar refractivity (Wildman–Crippen MR) is 111 cm³/mol. The Bertz CT molecular complexity index is 909. The van der Waals surface area contributed by atoms with Crippen molar-refractivity contribution in [3.63, 3.8) is 0 Å². The van der Waals surface area contributed by atoms with Gasteiger partial charge < -0.3 is 29.9 Å². The number of carbonyl (C=O) groups excluding carboxylic acids is 2. The van der Waals surface area contributed by atoms with Gasteiger partial charge in [-0.1, -0.05) is 6.07 Å². The summed E-state index contributed by atoms with van der Waals surface area (Å²) in [6.45, 7) is 5.29. The molecule has 29 heavy (non-hydrogen) atoms.